The molecule has 0 aliphatic heterocycles. The Morgan fingerprint density at radius 3 is 2.33 bits per heavy atom. The van der Waals surface area contributed by atoms with Crippen molar-refractivity contribution >= 4 is 10.0 Å². The largest absolute Gasteiger partial charge is 0.336 e. The molecule has 3 aromatic rings. The number of rotatable bonds is 5. The summed E-state index contributed by atoms with van der Waals surface area (Å²) >= 11 is 0. The zero-order valence-corrected chi connectivity index (χ0v) is 13.7. The van der Waals surface area contributed by atoms with Gasteiger partial charge in [0.05, 0.1) is 4.90 Å². The summed E-state index contributed by atoms with van der Waals surface area (Å²) in [6.07, 6.45) is 3.31. The van der Waals surface area contributed by atoms with Crippen LogP contribution < -0.4 is 4.72 Å². The van der Waals surface area contributed by atoms with E-state index in [4.69, 9.17) is 0 Å². The highest BCUT2D eigenvalue weighted by molar-refractivity contribution is 7.89. The molecule has 0 aliphatic carbocycles. The summed E-state index contributed by atoms with van der Waals surface area (Å²) in [5, 5.41) is 0. The van der Waals surface area contributed by atoms with Crippen LogP contribution in [0.15, 0.2) is 71.9 Å². The SMILES string of the molecule is Cn1ccnc1[C@@H](NS(=O)(=O)c1ccccc1)c1ccc(F)cc1. The third-order valence-corrected chi connectivity index (χ3v) is 5.09. The van der Waals surface area contributed by atoms with Crippen LogP contribution in [-0.2, 0) is 17.1 Å². The van der Waals surface area contributed by atoms with E-state index in [0.29, 0.717) is 11.4 Å². The van der Waals surface area contributed by atoms with Crippen LogP contribution in [0.5, 0.6) is 0 Å². The minimum Gasteiger partial charge on any atom is -0.336 e. The molecule has 0 saturated heterocycles. The maximum Gasteiger partial charge on any atom is 0.241 e. The van der Waals surface area contributed by atoms with Crippen molar-refractivity contribution in [1.82, 2.24) is 14.3 Å². The highest BCUT2D eigenvalue weighted by atomic mass is 32.2. The molecule has 0 amide bonds. The molecule has 7 heteroatoms. The number of imidazole rings is 1. The number of aromatic nitrogens is 2. The van der Waals surface area contributed by atoms with E-state index in [1.165, 1.54) is 24.3 Å². The van der Waals surface area contributed by atoms with Crippen LogP contribution in [0.1, 0.15) is 17.4 Å². The lowest BCUT2D eigenvalue weighted by Crippen LogP contribution is -2.31. The fourth-order valence-corrected chi connectivity index (χ4v) is 3.61. The Labute approximate surface area is 139 Å². The van der Waals surface area contributed by atoms with Crippen LogP contribution in [0.3, 0.4) is 0 Å². The van der Waals surface area contributed by atoms with Gasteiger partial charge < -0.3 is 4.57 Å². The number of nitrogens with one attached hydrogen (secondary N) is 1. The van der Waals surface area contributed by atoms with E-state index in [1.807, 2.05) is 0 Å². The molecular weight excluding hydrogens is 329 g/mol. The molecule has 0 fully saturated rings. The number of hydrogen-bond donors (Lipinski definition) is 1. The van der Waals surface area contributed by atoms with E-state index in [2.05, 4.69) is 9.71 Å². The van der Waals surface area contributed by atoms with Gasteiger partial charge in [0.25, 0.3) is 0 Å². The Morgan fingerprint density at radius 2 is 1.75 bits per heavy atom. The van der Waals surface area contributed by atoms with Crippen molar-refractivity contribution in [1.29, 1.82) is 0 Å². The molecule has 0 aliphatic rings. The van der Waals surface area contributed by atoms with Crippen molar-refractivity contribution in [3.8, 4) is 0 Å². The Balaban J connectivity index is 2.03. The van der Waals surface area contributed by atoms with Gasteiger partial charge in [-0.1, -0.05) is 30.3 Å². The quantitative estimate of drug-likeness (QED) is 0.773. The third-order valence-electron chi connectivity index (χ3n) is 3.65. The third kappa shape index (κ3) is 3.37. The molecule has 1 N–H and O–H groups in total. The Morgan fingerprint density at radius 1 is 1.08 bits per heavy atom. The van der Waals surface area contributed by atoms with Gasteiger partial charge in [0, 0.05) is 19.4 Å². The molecule has 1 heterocycles. The second-order valence-electron chi connectivity index (χ2n) is 5.32. The summed E-state index contributed by atoms with van der Waals surface area (Å²) in [5.74, 6) is 0.129. The fraction of sp³-hybridized carbons (Fsp3) is 0.118. The molecule has 124 valence electrons. The van der Waals surface area contributed by atoms with E-state index >= 15 is 0 Å². The van der Waals surface area contributed by atoms with Crippen LogP contribution in [0.4, 0.5) is 4.39 Å². The van der Waals surface area contributed by atoms with Crippen LogP contribution in [0.25, 0.3) is 0 Å². The summed E-state index contributed by atoms with van der Waals surface area (Å²) in [5.41, 5.74) is 0.602. The molecule has 3 rings (SSSR count). The van der Waals surface area contributed by atoms with Crippen molar-refractivity contribution in [2.24, 2.45) is 7.05 Å². The molecule has 0 saturated carbocycles. The highest BCUT2D eigenvalue weighted by Crippen LogP contribution is 2.23. The van der Waals surface area contributed by atoms with Gasteiger partial charge in [0.15, 0.2) is 0 Å². The first-order valence-electron chi connectivity index (χ1n) is 7.27. The van der Waals surface area contributed by atoms with Crippen LogP contribution >= 0.6 is 0 Å². The predicted molar refractivity (Wildman–Crippen MR) is 88.2 cm³/mol. The summed E-state index contributed by atoms with van der Waals surface area (Å²) < 4.78 is 42.9. The lowest BCUT2D eigenvalue weighted by molar-refractivity contribution is 0.562. The molecule has 0 radical (unpaired) electrons. The summed E-state index contributed by atoms with van der Waals surface area (Å²) in [4.78, 5) is 4.39. The standard InChI is InChI=1S/C17H16FN3O2S/c1-21-12-11-19-17(21)16(13-7-9-14(18)10-8-13)20-24(22,23)15-5-3-2-4-6-15/h2-12,16,20H,1H3/t16-/m0/s1. The van der Waals surface area contributed by atoms with E-state index < -0.39 is 16.1 Å². The molecule has 0 unspecified atom stereocenters. The van der Waals surface area contributed by atoms with Gasteiger partial charge in [0.1, 0.15) is 17.7 Å². The number of aryl methyl sites for hydroxylation is 1. The number of halogens is 1. The lowest BCUT2D eigenvalue weighted by atomic mass is 10.1. The maximum atomic E-state index is 13.2. The zero-order chi connectivity index (χ0) is 17.2. The number of nitrogens with zero attached hydrogens (tertiary/aromatic N) is 2. The fourth-order valence-electron chi connectivity index (χ4n) is 2.40. The van der Waals surface area contributed by atoms with Gasteiger partial charge in [-0.05, 0) is 29.8 Å². The van der Waals surface area contributed by atoms with Crippen molar-refractivity contribution in [3.63, 3.8) is 0 Å². The number of benzene rings is 2. The van der Waals surface area contributed by atoms with E-state index in [-0.39, 0.29) is 10.7 Å². The molecule has 0 spiro atoms. The van der Waals surface area contributed by atoms with Crippen molar-refractivity contribution in [3.05, 3.63) is 84.2 Å². The Bertz CT molecular complexity index is 922. The number of sulfonamides is 1. The maximum absolute atomic E-state index is 13.2. The molecule has 1 aromatic heterocycles. The van der Waals surface area contributed by atoms with Gasteiger partial charge in [-0.25, -0.2) is 17.8 Å². The smallest absolute Gasteiger partial charge is 0.241 e. The first-order valence-corrected chi connectivity index (χ1v) is 8.76. The van der Waals surface area contributed by atoms with Crippen molar-refractivity contribution < 1.29 is 12.8 Å². The second-order valence-corrected chi connectivity index (χ2v) is 7.03. The van der Waals surface area contributed by atoms with Crippen molar-refractivity contribution in [2.75, 3.05) is 0 Å². The average molecular weight is 345 g/mol. The van der Waals surface area contributed by atoms with Gasteiger partial charge >= 0.3 is 0 Å². The van der Waals surface area contributed by atoms with Crippen molar-refractivity contribution in [2.45, 2.75) is 10.9 Å². The molecule has 2 aromatic carbocycles. The average Bonchev–Trinajstić information content (AvgIpc) is 3.00. The summed E-state index contributed by atoms with van der Waals surface area (Å²) in [6, 6.07) is 13.0. The molecule has 0 bridgehead atoms. The van der Waals surface area contributed by atoms with Gasteiger partial charge in [-0.15, -0.1) is 0 Å². The van der Waals surface area contributed by atoms with Crippen LogP contribution in [0.2, 0.25) is 0 Å². The first-order chi connectivity index (χ1) is 11.5. The summed E-state index contributed by atoms with van der Waals surface area (Å²) in [6.45, 7) is 0. The minimum absolute atomic E-state index is 0.159. The number of hydrogen-bond acceptors (Lipinski definition) is 3. The molecule has 5 nitrogen and oxygen atoms in total. The molecular formula is C17H16FN3O2S. The normalized spacial score (nSPS) is 12.9. The van der Waals surface area contributed by atoms with Crippen LogP contribution in [-0.4, -0.2) is 18.0 Å². The first kappa shape index (κ1) is 16.4. The predicted octanol–water partition coefficient (Wildman–Crippen LogP) is 2.63. The van der Waals surface area contributed by atoms with Crippen LogP contribution in [0, 0.1) is 5.82 Å². The zero-order valence-electron chi connectivity index (χ0n) is 12.9. The monoisotopic (exact) mass is 345 g/mol. The van der Waals surface area contributed by atoms with Gasteiger partial charge in [0.2, 0.25) is 10.0 Å². The molecule has 1 atom stereocenters. The molecule has 24 heavy (non-hydrogen) atoms. The minimum atomic E-state index is -3.76. The lowest BCUT2D eigenvalue weighted by Gasteiger charge is -2.19. The van der Waals surface area contributed by atoms with E-state index in [1.54, 1.807) is 54.3 Å². The Hall–Kier alpha value is -2.51. The second kappa shape index (κ2) is 6.54. The van der Waals surface area contributed by atoms with E-state index in [9.17, 15) is 12.8 Å². The Kier molecular flexibility index (Phi) is 4.46. The highest BCUT2D eigenvalue weighted by Gasteiger charge is 2.25. The summed E-state index contributed by atoms with van der Waals surface area (Å²) in [7, 11) is -1.98. The topological polar surface area (TPSA) is 64.0 Å². The van der Waals surface area contributed by atoms with E-state index in [0.717, 1.165) is 0 Å². The van der Waals surface area contributed by atoms with Gasteiger partial charge in [-0.2, -0.15) is 4.72 Å². The van der Waals surface area contributed by atoms with Gasteiger partial charge in [-0.3, -0.25) is 0 Å².